The quantitative estimate of drug-likeness (QED) is 0.637. The topological polar surface area (TPSA) is 36.4 Å². The fourth-order valence-corrected chi connectivity index (χ4v) is 3.56. The summed E-state index contributed by atoms with van der Waals surface area (Å²) in [5.74, 6) is 1.81. The Labute approximate surface area is 165 Å². The van der Waals surface area contributed by atoms with Crippen molar-refractivity contribution < 1.29 is 9.64 Å². The van der Waals surface area contributed by atoms with Crippen molar-refractivity contribution in [2.24, 2.45) is 0 Å². The minimum Gasteiger partial charge on any atom is -0.494 e. The summed E-state index contributed by atoms with van der Waals surface area (Å²) in [4.78, 5) is 1.31. The molecule has 1 atom stereocenters. The van der Waals surface area contributed by atoms with Crippen LogP contribution in [0.15, 0.2) is 48.5 Å². The molecule has 2 aromatic carbocycles. The molecule has 1 N–H and O–H groups in total. The van der Waals surface area contributed by atoms with Gasteiger partial charge in [-0.1, -0.05) is 12.1 Å². The van der Waals surface area contributed by atoms with E-state index in [1.165, 1.54) is 16.0 Å². The largest absolute Gasteiger partial charge is 0.494 e. The van der Waals surface area contributed by atoms with Gasteiger partial charge in [0.2, 0.25) is 4.77 Å². The molecule has 27 heavy (non-hydrogen) atoms. The summed E-state index contributed by atoms with van der Waals surface area (Å²) in [7, 11) is 2.15. The van der Waals surface area contributed by atoms with Crippen LogP contribution in [0.3, 0.4) is 0 Å². The van der Waals surface area contributed by atoms with Crippen LogP contribution in [0.5, 0.6) is 5.75 Å². The van der Waals surface area contributed by atoms with E-state index >= 15 is 0 Å². The van der Waals surface area contributed by atoms with Crippen molar-refractivity contribution in [3.63, 3.8) is 0 Å². The van der Waals surface area contributed by atoms with E-state index < -0.39 is 0 Å². The zero-order valence-corrected chi connectivity index (χ0v) is 17.2. The van der Waals surface area contributed by atoms with Crippen molar-refractivity contribution in [3.05, 3.63) is 70.3 Å². The molecular formula is C21H27N4OS+. The number of aromatic nitrogens is 3. The van der Waals surface area contributed by atoms with E-state index in [1.807, 2.05) is 41.3 Å². The van der Waals surface area contributed by atoms with Gasteiger partial charge < -0.3 is 9.64 Å². The summed E-state index contributed by atoms with van der Waals surface area (Å²) in [5, 5.41) is 4.67. The van der Waals surface area contributed by atoms with Crippen LogP contribution in [0.1, 0.15) is 23.9 Å². The molecule has 0 saturated heterocycles. The Morgan fingerprint density at radius 1 is 1.11 bits per heavy atom. The highest BCUT2D eigenvalue weighted by molar-refractivity contribution is 7.71. The highest BCUT2D eigenvalue weighted by atomic mass is 32.1. The van der Waals surface area contributed by atoms with Crippen molar-refractivity contribution in [3.8, 4) is 11.4 Å². The van der Waals surface area contributed by atoms with Crippen LogP contribution >= 0.6 is 12.2 Å². The number of ether oxygens (including phenoxy) is 1. The number of hydrogen-bond donors (Lipinski definition) is 1. The first kappa shape index (κ1) is 19.3. The van der Waals surface area contributed by atoms with Gasteiger partial charge in [0, 0.05) is 11.3 Å². The fraction of sp³-hybridized carbons (Fsp3) is 0.333. The average Bonchev–Trinajstić information content (AvgIpc) is 2.90. The van der Waals surface area contributed by atoms with Gasteiger partial charge in [-0.3, -0.25) is 4.57 Å². The second-order valence-electron chi connectivity index (χ2n) is 6.87. The Bertz CT molecular complexity index is 959. The number of nitrogens with one attached hydrogen (secondary N) is 1. The maximum atomic E-state index is 5.70. The van der Waals surface area contributed by atoms with E-state index in [0.29, 0.717) is 13.3 Å². The lowest BCUT2D eigenvalue weighted by atomic mass is 10.2. The predicted molar refractivity (Wildman–Crippen MR) is 110 cm³/mol. The molecule has 0 fully saturated rings. The summed E-state index contributed by atoms with van der Waals surface area (Å²) < 4.78 is 10.2. The third-order valence-corrected chi connectivity index (χ3v) is 4.81. The third-order valence-electron chi connectivity index (χ3n) is 4.42. The molecule has 5 nitrogen and oxygen atoms in total. The molecule has 1 aromatic heterocycles. The van der Waals surface area contributed by atoms with Gasteiger partial charge >= 0.3 is 0 Å². The molecule has 0 radical (unpaired) electrons. The lowest BCUT2D eigenvalue weighted by Crippen LogP contribution is -3.07. The minimum absolute atomic E-state index is 0.686. The van der Waals surface area contributed by atoms with E-state index in [2.05, 4.69) is 49.4 Å². The number of rotatable bonds is 7. The van der Waals surface area contributed by atoms with E-state index in [1.54, 1.807) is 0 Å². The molecule has 0 amide bonds. The van der Waals surface area contributed by atoms with E-state index in [-0.39, 0.29) is 0 Å². The number of hydrogen-bond acceptors (Lipinski definition) is 3. The molecule has 1 heterocycles. The first-order valence-corrected chi connectivity index (χ1v) is 9.65. The second-order valence-corrected chi connectivity index (χ2v) is 7.24. The molecule has 0 aliphatic heterocycles. The van der Waals surface area contributed by atoms with Crippen molar-refractivity contribution in [2.45, 2.75) is 34.0 Å². The van der Waals surface area contributed by atoms with Crippen LogP contribution in [-0.2, 0) is 13.2 Å². The van der Waals surface area contributed by atoms with E-state index in [0.717, 1.165) is 28.6 Å². The SMILES string of the molecule is CCOc1ccc(C[NH+](C)Cn2nc(C)n(-c3cccc(C)c3)c2=S)cc1. The Hall–Kier alpha value is -2.44. The van der Waals surface area contributed by atoms with Crippen molar-refractivity contribution in [2.75, 3.05) is 13.7 Å². The van der Waals surface area contributed by atoms with Crippen LogP contribution in [0.4, 0.5) is 0 Å². The Balaban J connectivity index is 1.74. The van der Waals surface area contributed by atoms with Gasteiger partial charge in [-0.2, -0.15) is 9.78 Å². The second kappa shape index (κ2) is 8.50. The lowest BCUT2D eigenvalue weighted by Gasteiger charge is -2.14. The van der Waals surface area contributed by atoms with Crippen LogP contribution in [0.2, 0.25) is 0 Å². The highest BCUT2D eigenvalue weighted by Gasteiger charge is 2.13. The lowest BCUT2D eigenvalue weighted by molar-refractivity contribution is -0.917. The average molecular weight is 384 g/mol. The highest BCUT2D eigenvalue weighted by Crippen LogP contribution is 2.14. The Morgan fingerprint density at radius 3 is 2.52 bits per heavy atom. The molecule has 3 aromatic rings. The molecule has 0 aliphatic carbocycles. The summed E-state index contributed by atoms with van der Waals surface area (Å²) in [6.07, 6.45) is 0. The Kier molecular flexibility index (Phi) is 6.08. The van der Waals surface area contributed by atoms with Gasteiger partial charge in [-0.25, -0.2) is 0 Å². The summed E-state index contributed by atoms with van der Waals surface area (Å²) in [6, 6.07) is 16.6. The maximum Gasteiger partial charge on any atom is 0.207 e. The first-order chi connectivity index (χ1) is 13.0. The first-order valence-electron chi connectivity index (χ1n) is 9.24. The van der Waals surface area contributed by atoms with Gasteiger partial charge in [-0.15, -0.1) is 0 Å². The normalized spacial score (nSPS) is 12.1. The number of nitrogens with zero attached hydrogens (tertiary/aromatic N) is 3. The summed E-state index contributed by atoms with van der Waals surface area (Å²) in [5.41, 5.74) is 3.53. The molecule has 3 rings (SSSR count). The number of aryl methyl sites for hydroxylation is 2. The van der Waals surface area contributed by atoms with Gasteiger partial charge in [0.25, 0.3) is 0 Å². The zero-order valence-electron chi connectivity index (χ0n) is 16.4. The standard InChI is InChI=1S/C21H26N4OS/c1-5-26-20-11-9-18(10-12-20)14-23(4)15-24-21(27)25(17(3)22-24)19-8-6-7-16(2)13-19/h6-13H,5,14-15H2,1-4H3/p+1. The van der Waals surface area contributed by atoms with Gasteiger partial charge in [0.1, 0.15) is 18.1 Å². The monoisotopic (exact) mass is 383 g/mol. The fourth-order valence-electron chi connectivity index (χ4n) is 3.21. The van der Waals surface area contributed by atoms with Gasteiger partial charge in [-0.05, 0) is 75.0 Å². The van der Waals surface area contributed by atoms with Crippen molar-refractivity contribution in [1.29, 1.82) is 0 Å². The van der Waals surface area contributed by atoms with Crippen molar-refractivity contribution >= 4 is 12.2 Å². The number of quaternary nitrogens is 1. The predicted octanol–water partition coefficient (Wildman–Crippen LogP) is 3.09. The molecule has 0 saturated carbocycles. The number of benzene rings is 2. The molecule has 0 spiro atoms. The van der Waals surface area contributed by atoms with E-state index in [4.69, 9.17) is 17.0 Å². The van der Waals surface area contributed by atoms with Crippen molar-refractivity contribution in [1.82, 2.24) is 14.3 Å². The molecule has 0 bridgehead atoms. The maximum absolute atomic E-state index is 5.70. The molecular weight excluding hydrogens is 356 g/mol. The van der Waals surface area contributed by atoms with Crippen LogP contribution in [0, 0.1) is 18.6 Å². The molecule has 0 aliphatic rings. The van der Waals surface area contributed by atoms with Gasteiger partial charge in [0.05, 0.1) is 13.7 Å². The molecule has 142 valence electrons. The Morgan fingerprint density at radius 2 is 1.85 bits per heavy atom. The zero-order chi connectivity index (χ0) is 19.4. The van der Waals surface area contributed by atoms with Gasteiger partial charge in [0.15, 0.2) is 6.67 Å². The third kappa shape index (κ3) is 4.64. The summed E-state index contributed by atoms with van der Waals surface area (Å²) >= 11 is 5.70. The van der Waals surface area contributed by atoms with Crippen LogP contribution in [0.25, 0.3) is 5.69 Å². The van der Waals surface area contributed by atoms with E-state index in [9.17, 15) is 0 Å². The minimum atomic E-state index is 0.686. The van der Waals surface area contributed by atoms with Crippen LogP contribution < -0.4 is 9.64 Å². The molecule has 1 unspecified atom stereocenters. The summed E-state index contributed by atoms with van der Waals surface area (Å²) in [6.45, 7) is 8.37. The molecule has 6 heteroatoms. The smallest absolute Gasteiger partial charge is 0.207 e. The van der Waals surface area contributed by atoms with Crippen LogP contribution in [-0.4, -0.2) is 28.0 Å².